The summed E-state index contributed by atoms with van der Waals surface area (Å²) < 4.78 is 0. The van der Waals surface area contributed by atoms with Crippen LogP contribution in [0.1, 0.15) is 37.0 Å². The van der Waals surface area contributed by atoms with Crippen LogP contribution in [0.2, 0.25) is 0 Å². The molecule has 0 spiro atoms. The Kier molecular flexibility index (Phi) is 5.86. The first-order valence-corrected chi connectivity index (χ1v) is 10.4. The predicted molar refractivity (Wildman–Crippen MR) is 117 cm³/mol. The number of nitrogens with zero attached hydrogens (tertiary/aromatic N) is 3. The molecule has 1 fully saturated rings. The minimum atomic E-state index is -0.0320. The van der Waals surface area contributed by atoms with Gasteiger partial charge in [-0.05, 0) is 63.4 Å². The van der Waals surface area contributed by atoms with Gasteiger partial charge in [-0.15, -0.1) is 0 Å². The summed E-state index contributed by atoms with van der Waals surface area (Å²) in [5.41, 5.74) is 3.17. The Balaban J connectivity index is 1.57. The van der Waals surface area contributed by atoms with Crippen molar-refractivity contribution in [1.82, 2.24) is 20.2 Å². The first-order valence-electron chi connectivity index (χ1n) is 10.4. The number of nitrogens with one attached hydrogen (secondary N) is 1. The van der Waals surface area contributed by atoms with E-state index in [2.05, 4.69) is 29.0 Å². The number of carbonyl (C=O) groups is 1. The summed E-state index contributed by atoms with van der Waals surface area (Å²) in [6.07, 6.45) is 5.88. The van der Waals surface area contributed by atoms with Gasteiger partial charge < -0.3 is 10.2 Å². The van der Waals surface area contributed by atoms with E-state index in [9.17, 15) is 4.79 Å². The van der Waals surface area contributed by atoms with Gasteiger partial charge in [-0.2, -0.15) is 0 Å². The van der Waals surface area contributed by atoms with Crippen LogP contribution in [0.25, 0.3) is 22.2 Å². The van der Waals surface area contributed by atoms with Crippen LogP contribution in [0.15, 0.2) is 54.9 Å². The number of hydrogen-bond acceptors (Lipinski definition) is 4. The highest BCUT2D eigenvalue weighted by Gasteiger charge is 2.22. The highest BCUT2D eigenvalue weighted by Crippen LogP contribution is 2.25. The van der Waals surface area contributed by atoms with Crippen LogP contribution in [0.3, 0.4) is 0 Å². The summed E-state index contributed by atoms with van der Waals surface area (Å²) in [6.45, 7) is 7.40. The molecule has 0 aliphatic carbocycles. The summed E-state index contributed by atoms with van der Waals surface area (Å²) in [4.78, 5) is 24.6. The van der Waals surface area contributed by atoms with Crippen molar-refractivity contribution in [2.24, 2.45) is 5.92 Å². The summed E-state index contributed by atoms with van der Waals surface area (Å²) in [6, 6.07) is 14.1. The van der Waals surface area contributed by atoms with Gasteiger partial charge in [0.25, 0.3) is 5.91 Å². The molecule has 3 aromatic rings. The van der Waals surface area contributed by atoms with Gasteiger partial charge in [-0.3, -0.25) is 9.78 Å². The van der Waals surface area contributed by atoms with Crippen LogP contribution in [0.5, 0.6) is 0 Å². The van der Waals surface area contributed by atoms with Gasteiger partial charge in [0.1, 0.15) is 0 Å². The summed E-state index contributed by atoms with van der Waals surface area (Å²) in [5, 5.41) is 4.07. The van der Waals surface area contributed by atoms with Crippen LogP contribution in [-0.2, 0) is 0 Å². The molecule has 5 heteroatoms. The molecule has 0 radical (unpaired) electrons. The number of likely N-dealkylation sites (tertiary alicyclic amines) is 1. The van der Waals surface area contributed by atoms with Crippen molar-refractivity contribution in [3.05, 3.63) is 60.4 Å². The highest BCUT2D eigenvalue weighted by atomic mass is 16.1. The molecule has 1 atom stereocenters. The second-order valence-corrected chi connectivity index (χ2v) is 8.12. The fourth-order valence-electron chi connectivity index (χ4n) is 4.09. The molecule has 2 aromatic heterocycles. The van der Waals surface area contributed by atoms with Crippen LogP contribution in [0, 0.1) is 5.92 Å². The number of benzene rings is 1. The maximum absolute atomic E-state index is 13.1. The number of piperidine rings is 1. The van der Waals surface area contributed by atoms with Crippen LogP contribution < -0.4 is 5.32 Å². The standard InChI is InChI=1S/C24H28N4O/c1-17(2)28-12-6-7-18(16-28)14-26-24(29)21-13-23(19-8-5-11-25-15-19)27-22-10-4-3-9-20(21)22/h3-5,8-11,13,15,17-18H,6-7,12,14,16H2,1-2H3,(H,26,29). The number of aromatic nitrogens is 2. The van der Waals surface area contributed by atoms with Crippen LogP contribution in [0.4, 0.5) is 0 Å². The molecule has 1 N–H and O–H groups in total. The van der Waals surface area contributed by atoms with Crippen molar-refractivity contribution in [3.63, 3.8) is 0 Å². The summed E-state index contributed by atoms with van der Waals surface area (Å²) in [5.74, 6) is 0.469. The third-order valence-electron chi connectivity index (χ3n) is 5.75. The van der Waals surface area contributed by atoms with Gasteiger partial charge >= 0.3 is 0 Å². The van der Waals surface area contributed by atoms with Gasteiger partial charge in [-0.25, -0.2) is 4.98 Å². The van der Waals surface area contributed by atoms with E-state index >= 15 is 0 Å². The number of para-hydroxylation sites is 1. The van der Waals surface area contributed by atoms with Crippen LogP contribution >= 0.6 is 0 Å². The second-order valence-electron chi connectivity index (χ2n) is 8.12. The Morgan fingerprint density at radius 2 is 2.10 bits per heavy atom. The summed E-state index contributed by atoms with van der Waals surface area (Å²) in [7, 11) is 0. The van der Waals surface area contributed by atoms with E-state index in [1.54, 1.807) is 12.4 Å². The van der Waals surface area contributed by atoms with Gasteiger partial charge in [0.05, 0.1) is 16.8 Å². The van der Waals surface area contributed by atoms with Crippen molar-refractivity contribution in [1.29, 1.82) is 0 Å². The fraction of sp³-hybridized carbons (Fsp3) is 0.375. The largest absolute Gasteiger partial charge is 0.352 e. The van der Waals surface area contributed by atoms with E-state index < -0.39 is 0 Å². The van der Waals surface area contributed by atoms with E-state index in [1.807, 2.05) is 42.5 Å². The zero-order valence-corrected chi connectivity index (χ0v) is 17.1. The number of fused-ring (bicyclic) bond motifs is 1. The SMILES string of the molecule is CC(C)N1CCCC(CNC(=O)c2cc(-c3cccnc3)nc3ccccc23)C1. The van der Waals surface area contributed by atoms with E-state index in [0.29, 0.717) is 24.1 Å². The van der Waals surface area contributed by atoms with E-state index in [-0.39, 0.29) is 5.91 Å². The molecular weight excluding hydrogens is 360 g/mol. The Morgan fingerprint density at radius 3 is 2.90 bits per heavy atom. The lowest BCUT2D eigenvalue weighted by molar-refractivity contribution is 0.0924. The third-order valence-corrected chi connectivity index (χ3v) is 5.75. The lowest BCUT2D eigenvalue weighted by Crippen LogP contribution is -2.43. The Morgan fingerprint density at radius 1 is 1.24 bits per heavy atom. The van der Waals surface area contributed by atoms with Crippen molar-refractivity contribution >= 4 is 16.8 Å². The molecule has 0 bridgehead atoms. The molecule has 3 heterocycles. The Bertz CT molecular complexity index is 987. The molecule has 1 aliphatic rings. The molecule has 5 nitrogen and oxygen atoms in total. The topological polar surface area (TPSA) is 58.1 Å². The molecule has 1 unspecified atom stereocenters. The summed E-state index contributed by atoms with van der Waals surface area (Å²) >= 11 is 0. The molecule has 1 aromatic carbocycles. The van der Waals surface area contributed by atoms with Gasteiger partial charge in [0.2, 0.25) is 0 Å². The second kappa shape index (κ2) is 8.70. The number of amides is 1. The monoisotopic (exact) mass is 388 g/mol. The lowest BCUT2D eigenvalue weighted by Gasteiger charge is -2.35. The first kappa shape index (κ1) is 19.5. The van der Waals surface area contributed by atoms with Gasteiger partial charge in [0.15, 0.2) is 0 Å². The minimum Gasteiger partial charge on any atom is -0.352 e. The highest BCUT2D eigenvalue weighted by molar-refractivity contribution is 6.07. The molecule has 1 saturated heterocycles. The Labute approximate surface area is 172 Å². The van der Waals surface area contributed by atoms with Crippen molar-refractivity contribution in [3.8, 4) is 11.3 Å². The average Bonchev–Trinajstić information content (AvgIpc) is 2.77. The molecule has 1 aliphatic heterocycles. The number of hydrogen-bond donors (Lipinski definition) is 1. The molecule has 150 valence electrons. The molecular formula is C24H28N4O. The Hall–Kier alpha value is -2.79. The maximum atomic E-state index is 13.1. The average molecular weight is 389 g/mol. The zero-order valence-electron chi connectivity index (χ0n) is 17.1. The molecule has 4 rings (SSSR count). The lowest BCUT2D eigenvalue weighted by atomic mass is 9.96. The molecule has 1 amide bonds. The number of rotatable bonds is 5. The van der Waals surface area contributed by atoms with Crippen molar-refractivity contribution in [2.75, 3.05) is 19.6 Å². The fourth-order valence-corrected chi connectivity index (χ4v) is 4.09. The van der Waals surface area contributed by atoms with E-state index in [0.717, 1.165) is 35.2 Å². The van der Waals surface area contributed by atoms with Gasteiger partial charge in [-0.1, -0.05) is 18.2 Å². The molecule has 0 saturated carbocycles. The van der Waals surface area contributed by atoms with Gasteiger partial charge in [0, 0.05) is 42.5 Å². The first-order chi connectivity index (χ1) is 14.1. The smallest absolute Gasteiger partial charge is 0.252 e. The zero-order chi connectivity index (χ0) is 20.2. The van der Waals surface area contributed by atoms with E-state index in [1.165, 1.54) is 12.8 Å². The normalized spacial score (nSPS) is 17.6. The quantitative estimate of drug-likeness (QED) is 0.713. The van der Waals surface area contributed by atoms with Crippen LogP contribution in [-0.4, -0.2) is 46.5 Å². The minimum absolute atomic E-state index is 0.0320. The third kappa shape index (κ3) is 4.46. The van der Waals surface area contributed by atoms with Crippen molar-refractivity contribution in [2.45, 2.75) is 32.7 Å². The molecule has 29 heavy (non-hydrogen) atoms. The number of carbonyl (C=O) groups excluding carboxylic acids is 1. The van der Waals surface area contributed by atoms with E-state index in [4.69, 9.17) is 4.98 Å². The van der Waals surface area contributed by atoms with Crippen molar-refractivity contribution < 1.29 is 4.79 Å². The number of pyridine rings is 2. The predicted octanol–water partition coefficient (Wildman–Crippen LogP) is 4.15. The maximum Gasteiger partial charge on any atom is 0.252 e.